The van der Waals surface area contributed by atoms with E-state index in [0.717, 1.165) is 10.9 Å². The second kappa shape index (κ2) is 5.80. The van der Waals surface area contributed by atoms with Crippen LogP contribution in [0.5, 0.6) is 0 Å². The van der Waals surface area contributed by atoms with E-state index >= 15 is 0 Å². The summed E-state index contributed by atoms with van der Waals surface area (Å²) in [7, 11) is 0. The molecule has 0 radical (unpaired) electrons. The maximum Gasteiger partial charge on any atom is 0.161 e. The molecule has 1 aromatic rings. The molecule has 1 aromatic carbocycles. The van der Waals surface area contributed by atoms with Crippen LogP contribution in [0, 0.1) is 11.7 Å². The van der Waals surface area contributed by atoms with E-state index in [1.807, 2.05) is 0 Å². The summed E-state index contributed by atoms with van der Waals surface area (Å²) < 4.78 is 13.7. The van der Waals surface area contributed by atoms with E-state index in [4.69, 9.17) is 11.6 Å². The quantitative estimate of drug-likeness (QED) is 0.829. The van der Waals surface area contributed by atoms with E-state index in [0.29, 0.717) is 27.1 Å². The van der Waals surface area contributed by atoms with Gasteiger partial charge in [0.05, 0.1) is 16.8 Å². The Labute approximate surface area is 124 Å². The van der Waals surface area contributed by atoms with E-state index in [1.165, 1.54) is 12.1 Å². The van der Waals surface area contributed by atoms with E-state index in [-0.39, 0.29) is 5.82 Å². The van der Waals surface area contributed by atoms with E-state index < -0.39 is 0 Å². The highest BCUT2D eigenvalue weighted by Gasteiger charge is 2.22. The Morgan fingerprint density at radius 3 is 2.83 bits per heavy atom. The zero-order chi connectivity index (χ0) is 13.3. The average molecular weight is 352 g/mol. The van der Waals surface area contributed by atoms with Crippen molar-refractivity contribution in [2.75, 3.05) is 11.1 Å². The van der Waals surface area contributed by atoms with Gasteiger partial charge in [0.1, 0.15) is 5.82 Å². The summed E-state index contributed by atoms with van der Waals surface area (Å²) in [4.78, 5) is 4.58. The van der Waals surface area contributed by atoms with Gasteiger partial charge in [-0.3, -0.25) is 4.99 Å². The smallest absolute Gasteiger partial charge is 0.161 e. The summed E-state index contributed by atoms with van der Waals surface area (Å²) in [5.74, 6) is 1.12. The van der Waals surface area contributed by atoms with Crippen molar-refractivity contribution in [3.63, 3.8) is 0 Å². The molecule has 0 bridgehead atoms. The topological polar surface area (TPSA) is 24.4 Å². The molecule has 1 atom stereocenters. The van der Waals surface area contributed by atoms with Gasteiger partial charge < -0.3 is 5.32 Å². The minimum atomic E-state index is -0.363. The highest BCUT2D eigenvalue weighted by molar-refractivity contribution is 9.10. The summed E-state index contributed by atoms with van der Waals surface area (Å²) in [5.41, 5.74) is 0.661. The molecular formula is C12H13BrClFN2S. The van der Waals surface area contributed by atoms with Crippen LogP contribution in [0.4, 0.5) is 10.1 Å². The number of nitrogens with zero attached hydrogens (tertiary/aromatic N) is 1. The van der Waals surface area contributed by atoms with Crippen molar-refractivity contribution in [1.29, 1.82) is 0 Å². The van der Waals surface area contributed by atoms with E-state index in [9.17, 15) is 4.39 Å². The fourth-order valence-corrected chi connectivity index (χ4v) is 3.64. The number of anilines is 1. The third-order valence-corrected chi connectivity index (χ3v) is 4.59. The molecule has 0 saturated carbocycles. The second-order valence-electron chi connectivity index (χ2n) is 4.43. The first kappa shape index (κ1) is 14.2. The molecule has 18 heavy (non-hydrogen) atoms. The first-order valence-electron chi connectivity index (χ1n) is 5.59. The number of thioether (sulfide) groups is 1. The Bertz CT molecular complexity index is 470. The van der Waals surface area contributed by atoms with Gasteiger partial charge >= 0.3 is 0 Å². The normalized spacial score (nSPS) is 19.2. The number of amidine groups is 1. The van der Waals surface area contributed by atoms with Gasteiger partial charge in [-0.1, -0.05) is 37.2 Å². The lowest BCUT2D eigenvalue weighted by molar-refractivity contribution is 0.543. The van der Waals surface area contributed by atoms with Crippen LogP contribution in [-0.2, 0) is 0 Å². The van der Waals surface area contributed by atoms with Gasteiger partial charge in [0.15, 0.2) is 5.17 Å². The lowest BCUT2D eigenvalue weighted by atomic mass is 10.1. The fourth-order valence-electron chi connectivity index (χ4n) is 1.57. The van der Waals surface area contributed by atoms with Crippen molar-refractivity contribution >= 4 is 50.1 Å². The largest absolute Gasteiger partial charge is 0.333 e. The summed E-state index contributed by atoms with van der Waals surface area (Å²) in [6.45, 7) is 4.30. The maximum atomic E-state index is 13.1. The highest BCUT2D eigenvalue weighted by Crippen LogP contribution is 2.34. The zero-order valence-corrected chi connectivity index (χ0v) is 13.2. The first-order valence-corrected chi connectivity index (χ1v) is 7.75. The van der Waals surface area contributed by atoms with Crippen molar-refractivity contribution in [3.8, 4) is 0 Å². The van der Waals surface area contributed by atoms with Crippen LogP contribution in [0.15, 0.2) is 21.6 Å². The van der Waals surface area contributed by atoms with Crippen LogP contribution < -0.4 is 5.32 Å². The van der Waals surface area contributed by atoms with Crippen LogP contribution in [0.2, 0.25) is 5.02 Å². The van der Waals surface area contributed by atoms with Crippen molar-refractivity contribution in [2.24, 2.45) is 10.9 Å². The minimum absolute atomic E-state index is 0.329. The molecule has 2 rings (SSSR count). The van der Waals surface area contributed by atoms with Gasteiger partial charge in [0, 0.05) is 10.2 Å². The van der Waals surface area contributed by atoms with E-state index in [2.05, 4.69) is 40.1 Å². The molecular weight excluding hydrogens is 339 g/mol. The summed E-state index contributed by atoms with van der Waals surface area (Å²) in [5, 5.41) is 4.34. The van der Waals surface area contributed by atoms with Crippen molar-refractivity contribution in [1.82, 2.24) is 0 Å². The molecule has 1 aliphatic heterocycles. The standard InChI is InChI=1S/C12H13BrClFN2S/c1-6(2)10-5-18-12(16-10)17-11-8(13)3-7(15)4-9(11)14/h3-4,6,10H,5H2,1-2H3,(H,16,17). The van der Waals surface area contributed by atoms with Crippen LogP contribution in [0.3, 0.4) is 0 Å². The van der Waals surface area contributed by atoms with Gasteiger partial charge in [-0.25, -0.2) is 4.39 Å². The molecule has 6 heteroatoms. The molecule has 2 nitrogen and oxygen atoms in total. The Kier molecular flexibility index (Phi) is 4.56. The van der Waals surface area contributed by atoms with Crippen LogP contribution >= 0.6 is 39.3 Å². The number of halogens is 3. The van der Waals surface area contributed by atoms with Crippen LogP contribution in [-0.4, -0.2) is 17.0 Å². The SMILES string of the molecule is CC(C)C1CSC(Nc2c(Cl)cc(F)cc2Br)=N1. The van der Waals surface area contributed by atoms with Gasteiger partial charge in [0.2, 0.25) is 0 Å². The maximum absolute atomic E-state index is 13.1. The molecule has 1 N–H and O–H groups in total. The first-order chi connectivity index (χ1) is 8.47. The molecule has 0 spiro atoms. The monoisotopic (exact) mass is 350 g/mol. The lowest BCUT2D eigenvalue weighted by Gasteiger charge is -2.10. The fraction of sp³-hybridized carbons (Fsp3) is 0.417. The van der Waals surface area contributed by atoms with Crippen molar-refractivity contribution < 1.29 is 4.39 Å². The van der Waals surface area contributed by atoms with Gasteiger partial charge in [0.25, 0.3) is 0 Å². The van der Waals surface area contributed by atoms with Gasteiger partial charge in [-0.2, -0.15) is 0 Å². The van der Waals surface area contributed by atoms with E-state index in [1.54, 1.807) is 11.8 Å². The number of hydrogen-bond acceptors (Lipinski definition) is 3. The van der Waals surface area contributed by atoms with Gasteiger partial charge in [-0.05, 0) is 34.0 Å². The van der Waals surface area contributed by atoms with Crippen LogP contribution in [0.1, 0.15) is 13.8 Å². The summed E-state index contributed by atoms with van der Waals surface area (Å²) >= 11 is 11.0. The molecule has 1 aliphatic rings. The molecule has 0 amide bonds. The molecule has 0 aromatic heterocycles. The third-order valence-electron chi connectivity index (χ3n) is 2.68. The number of rotatable bonds is 2. The number of nitrogens with one attached hydrogen (secondary N) is 1. The Hall–Kier alpha value is -0.260. The molecule has 0 fully saturated rings. The summed E-state index contributed by atoms with van der Waals surface area (Å²) in [6, 6.07) is 3.00. The van der Waals surface area contributed by atoms with Gasteiger partial charge in [-0.15, -0.1) is 0 Å². The Morgan fingerprint density at radius 1 is 1.56 bits per heavy atom. The molecule has 1 heterocycles. The zero-order valence-electron chi connectivity index (χ0n) is 10.0. The lowest BCUT2D eigenvalue weighted by Crippen LogP contribution is -2.12. The third kappa shape index (κ3) is 3.19. The molecule has 98 valence electrons. The highest BCUT2D eigenvalue weighted by atomic mass is 79.9. The Balaban J connectivity index is 2.18. The molecule has 0 saturated heterocycles. The summed E-state index contributed by atoms with van der Waals surface area (Å²) in [6.07, 6.45) is 0. The number of aliphatic imine (C=N–C) groups is 1. The predicted octanol–water partition coefficient (Wildman–Crippen LogP) is 4.78. The van der Waals surface area contributed by atoms with Crippen molar-refractivity contribution in [2.45, 2.75) is 19.9 Å². The Morgan fingerprint density at radius 2 is 2.28 bits per heavy atom. The molecule has 0 aliphatic carbocycles. The number of hydrogen-bond donors (Lipinski definition) is 1. The predicted molar refractivity (Wildman–Crippen MR) is 81.3 cm³/mol. The van der Waals surface area contributed by atoms with Crippen molar-refractivity contribution in [3.05, 3.63) is 27.4 Å². The minimum Gasteiger partial charge on any atom is -0.333 e. The second-order valence-corrected chi connectivity index (χ2v) is 6.70. The van der Waals surface area contributed by atoms with Crippen LogP contribution in [0.25, 0.3) is 0 Å². The molecule has 1 unspecified atom stereocenters. The number of benzene rings is 1. The average Bonchev–Trinajstić information content (AvgIpc) is 2.71.